The molecule has 4 unspecified atom stereocenters. The molecule has 4 atom stereocenters. The minimum absolute atomic E-state index is 0.0112. The Balaban J connectivity index is 1.74. The van der Waals surface area contributed by atoms with E-state index in [0.29, 0.717) is 5.92 Å². The average molecular weight is 298 g/mol. The van der Waals surface area contributed by atoms with Crippen LogP contribution in [-0.2, 0) is 9.47 Å². The molecule has 3 nitrogen and oxygen atoms in total. The Morgan fingerprint density at radius 1 is 1.14 bits per heavy atom. The molecular weight excluding hydrogens is 264 g/mol. The van der Waals surface area contributed by atoms with Gasteiger partial charge in [0.15, 0.2) is 6.29 Å². The molecule has 0 amide bonds. The van der Waals surface area contributed by atoms with Crippen LogP contribution in [0.5, 0.6) is 0 Å². The van der Waals surface area contributed by atoms with Crippen LogP contribution in [0.4, 0.5) is 0 Å². The third-order valence-electron chi connectivity index (χ3n) is 5.97. The summed E-state index contributed by atoms with van der Waals surface area (Å²) in [5.74, 6) is 1.51. The van der Waals surface area contributed by atoms with Crippen LogP contribution in [-0.4, -0.2) is 30.7 Å². The van der Waals surface area contributed by atoms with Gasteiger partial charge in [-0.15, -0.1) is 0 Å². The fourth-order valence-corrected chi connectivity index (χ4v) is 4.45. The maximum absolute atomic E-state index is 10.8. The topological polar surface area (TPSA) is 38.7 Å². The first-order chi connectivity index (χ1) is 10.1. The van der Waals surface area contributed by atoms with Gasteiger partial charge in [-0.25, -0.2) is 0 Å². The summed E-state index contributed by atoms with van der Waals surface area (Å²) < 4.78 is 10.9. The summed E-state index contributed by atoms with van der Waals surface area (Å²) in [5, 5.41) is 10.8. The Hall–Kier alpha value is -0.120. The highest BCUT2D eigenvalue weighted by molar-refractivity contribution is 4.96. The Morgan fingerprint density at radius 3 is 2.48 bits per heavy atom. The second-order valence-electron chi connectivity index (χ2n) is 7.30. The van der Waals surface area contributed by atoms with Crippen LogP contribution in [0.1, 0.15) is 72.1 Å². The van der Waals surface area contributed by atoms with E-state index in [1.165, 1.54) is 25.7 Å². The summed E-state index contributed by atoms with van der Waals surface area (Å²) in [6.45, 7) is 8.37. The second kappa shape index (κ2) is 7.94. The summed E-state index contributed by atoms with van der Waals surface area (Å²) in [6, 6.07) is 0. The van der Waals surface area contributed by atoms with Crippen molar-refractivity contribution in [3.05, 3.63) is 0 Å². The summed E-state index contributed by atoms with van der Waals surface area (Å²) in [6.07, 6.45) is 8.90. The van der Waals surface area contributed by atoms with E-state index < -0.39 is 0 Å². The number of hydrogen-bond donors (Lipinski definition) is 1. The molecule has 2 aliphatic rings. The molecule has 0 aromatic carbocycles. The van der Waals surface area contributed by atoms with E-state index in [9.17, 15) is 5.11 Å². The maximum atomic E-state index is 10.8. The lowest BCUT2D eigenvalue weighted by Crippen LogP contribution is -2.35. The molecule has 0 bridgehead atoms. The number of aliphatic hydroxyl groups excluding tert-OH is 1. The van der Waals surface area contributed by atoms with Gasteiger partial charge in [-0.2, -0.15) is 0 Å². The van der Waals surface area contributed by atoms with Gasteiger partial charge < -0.3 is 14.6 Å². The van der Waals surface area contributed by atoms with Crippen LogP contribution in [0.25, 0.3) is 0 Å². The zero-order valence-electron chi connectivity index (χ0n) is 14.1. The predicted octanol–water partition coefficient (Wildman–Crippen LogP) is 4.13. The van der Waals surface area contributed by atoms with Gasteiger partial charge in [-0.05, 0) is 49.4 Å². The van der Waals surface area contributed by atoms with Crippen molar-refractivity contribution in [2.75, 3.05) is 13.2 Å². The maximum Gasteiger partial charge on any atom is 0.157 e. The molecule has 2 rings (SSSR count). The zero-order chi connectivity index (χ0) is 15.3. The number of unbranched alkanes of at least 4 members (excludes halogenated alkanes) is 1. The Morgan fingerprint density at radius 2 is 1.86 bits per heavy atom. The van der Waals surface area contributed by atoms with Crippen molar-refractivity contribution >= 4 is 0 Å². The van der Waals surface area contributed by atoms with Crippen LogP contribution in [0.15, 0.2) is 0 Å². The molecule has 0 aromatic heterocycles. The molecule has 2 fully saturated rings. The van der Waals surface area contributed by atoms with Crippen molar-refractivity contribution in [2.24, 2.45) is 17.3 Å². The van der Waals surface area contributed by atoms with Crippen molar-refractivity contribution in [1.82, 2.24) is 0 Å². The summed E-state index contributed by atoms with van der Waals surface area (Å²) >= 11 is 0. The molecule has 0 aromatic rings. The van der Waals surface area contributed by atoms with Gasteiger partial charge in [0.25, 0.3) is 0 Å². The van der Waals surface area contributed by atoms with Gasteiger partial charge in [-0.3, -0.25) is 0 Å². The Bertz CT molecular complexity index is 301. The molecule has 1 aliphatic carbocycles. The molecule has 3 heteroatoms. The molecule has 0 spiro atoms. The highest BCUT2D eigenvalue weighted by Gasteiger charge is 2.46. The first-order valence-electron chi connectivity index (χ1n) is 9.01. The van der Waals surface area contributed by atoms with E-state index in [0.717, 1.165) is 44.8 Å². The second-order valence-corrected chi connectivity index (χ2v) is 7.30. The fourth-order valence-electron chi connectivity index (χ4n) is 4.45. The molecular formula is C18H34O3. The van der Waals surface area contributed by atoms with Crippen LogP contribution < -0.4 is 0 Å². The van der Waals surface area contributed by atoms with Crippen LogP contribution in [0.3, 0.4) is 0 Å². The highest BCUT2D eigenvalue weighted by Crippen LogP contribution is 2.51. The van der Waals surface area contributed by atoms with Crippen molar-refractivity contribution in [3.8, 4) is 0 Å². The Labute approximate surface area is 130 Å². The molecule has 124 valence electrons. The summed E-state index contributed by atoms with van der Waals surface area (Å²) in [5.41, 5.74) is 0.135. The van der Waals surface area contributed by atoms with Gasteiger partial charge >= 0.3 is 0 Å². The zero-order valence-corrected chi connectivity index (χ0v) is 14.1. The normalized spacial score (nSPS) is 35.4. The van der Waals surface area contributed by atoms with Crippen LogP contribution >= 0.6 is 0 Å². The first-order valence-corrected chi connectivity index (χ1v) is 9.01. The monoisotopic (exact) mass is 298 g/mol. The van der Waals surface area contributed by atoms with E-state index in [2.05, 4.69) is 20.8 Å². The average Bonchev–Trinajstić information content (AvgIpc) is 3.11. The third-order valence-corrected chi connectivity index (χ3v) is 5.97. The minimum Gasteiger partial charge on any atom is -0.393 e. The molecule has 1 saturated carbocycles. The van der Waals surface area contributed by atoms with Gasteiger partial charge in [0, 0.05) is 0 Å². The number of ether oxygens (including phenoxy) is 2. The largest absolute Gasteiger partial charge is 0.393 e. The summed E-state index contributed by atoms with van der Waals surface area (Å²) in [4.78, 5) is 0. The lowest BCUT2D eigenvalue weighted by Gasteiger charge is -2.36. The van der Waals surface area contributed by atoms with Crippen LogP contribution in [0.2, 0.25) is 0 Å². The van der Waals surface area contributed by atoms with Crippen molar-refractivity contribution in [2.45, 2.75) is 84.5 Å². The van der Waals surface area contributed by atoms with E-state index >= 15 is 0 Å². The molecule has 1 N–H and O–H groups in total. The minimum atomic E-state index is -0.149. The van der Waals surface area contributed by atoms with Gasteiger partial charge in [0.05, 0.1) is 19.3 Å². The molecule has 21 heavy (non-hydrogen) atoms. The number of rotatable bonds is 8. The molecule has 1 aliphatic heterocycles. The number of aliphatic hydroxyl groups is 1. The van der Waals surface area contributed by atoms with Gasteiger partial charge in [0.1, 0.15) is 0 Å². The van der Waals surface area contributed by atoms with E-state index in [4.69, 9.17) is 9.47 Å². The lowest BCUT2D eigenvalue weighted by molar-refractivity contribution is -0.0497. The van der Waals surface area contributed by atoms with E-state index in [1.807, 2.05) is 0 Å². The van der Waals surface area contributed by atoms with Crippen molar-refractivity contribution in [1.29, 1.82) is 0 Å². The van der Waals surface area contributed by atoms with Gasteiger partial charge in [0.2, 0.25) is 0 Å². The lowest BCUT2D eigenvalue weighted by atomic mass is 9.72. The number of hydrogen-bond acceptors (Lipinski definition) is 3. The van der Waals surface area contributed by atoms with E-state index in [-0.39, 0.29) is 17.8 Å². The predicted molar refractivity (Wildman–Crippen MR) is 85.1 cm³/mol. The fraction of sp³-hybridized carbons (Fsp3) is 1.00. The molecule has 1 saturated heterocycles. The quantitative estimate of drug-likeness (QED) is 0.685. The smallest absolute Gasteiger partial charge is 0.157 e. The molecule has 1 heterocycles. The first kappa shape index (κ1) is 17.2. The summed E-state index contributed by atoms with van der Waals surface area (Å²) in [7, 11) is 0. The standard InChI is InChI=1S/C18H34O3/c1-4-14-12-15(5-2)18(3,13-14)16(19)8-6-7-9-17-20-10-11-21-17/h14-17,19H,4-13H2,1-3H3. The van der Waals surface area contributed by atoms with E-state index in [1.54, 1.807) is 0 Å². The van der Waals surface area contributed by atoms with Crippen molar-refractivity contribution in [3.63, 3.8) is 0 Å². The van der Waals surface area contributed by atoms with Crippen molar-refractivity contribution < 1.29 is 14.6 Å². The highest BCUT2D eigenvalue weighted by atomic mass is 16.7. The molecule has 0 radical (unpaired) electrons. The van der Waals surface area contributed by atoms with Crippen LogP contribution in [0, 0.1) is 17.3 Å². The van der Waals surface area contributed by atoms with Gasteiger partial charge in [-0.1, -0.05) is 40.0 Å². The third kappa shape index (κ3) is 4.20. The Kier molecular flexibility index (Phi) is 6.51. The SMILES string of the molecule is CCC1CC(CC)C(C)(C(O)CCCCC2OCCO2)C1.